The number of aryl methyl sites for hydroxylation is 1. The number of benzene rings is 2. The van der Waals surface area contributed by atoms with Crippen LogP contribution in [0.4, 0.5) is 10.1 Å². The second-order valence-corrected chi connectivity index (χ2v) is 6.14. The minimum atomic E-state index is -0.740. The van der Waals surface area contributed by atoms with Crippen LogP contribution in [0, 0.1) is 16.3 Å². The van der Waals surface area contributed by atoms with Gasteiger partial charge in [0.05, 0.1) is 0 Å². The lowest BCUT2D eigenvalue weighted by Gasteiger charge is -2.18. The molecule has 0 fully saturated rings. The topological polar surface area (TPSA) is 38.3 Å². The summed E-state index contributed by atoms with van der Waals surface area (Å²) in [5.74, 6) is -0.668. The molecule has 1 atom stereocenters. The van der Waals surface area contributed by atoms with Crippen molar-refractivity contribution in [2.45, 2.75) is 26.4 Å². The number of amides is 1. The van der Waals surface area contributed by atoms with Crippen LogP contribution >= 0.6 is 22.6 Å². The van der Waals surface area contributed by atoms with E-state index >= 15 is 0 Å². The van der Waals surface area contributed by atoms with Crippen molar-refractivity contribution in [2.75, 3.05) is 5.32 Å². The summed E-state index contributed by atoms with van der Waals surface area (Å²) in [6.07, 6.45) is -0.292. The van der Waals surface area contributed by atoms with E-state index in [9.17, 15) is 9.18 Å². The molecular formula is C17H17FINO2. The Balaban J connectivity index is 2.10. The Labute approximate surface area is 143 Å². The van der Waals surface area contributed by atoms with Gasteiger partial charge in [-0.3, -0.25) is 4.79 Å². The molecule has 2 aromatic rings. The highest BCUT2D eigenvalue weighted by Gasteiger charge is 2.20. The van der Waals surface area contributed by atoms with Crippen LogP contribution in [0.15, 0.2) is 42.5 Å². The standard InChI is InChI=1S/C17H17FINO2/c1-3-15(22-16-7-5-4-6-13(16)18)17(21)20-14-9-8-12(19)10-11(14)2/h4-10,15H,3H2,1-2H3,(H,20,21)/t15-/m1/s1. The second kappa shape index (κ2) is 7.58. The molecule has 0 aliphatic heterocycles. The SMILES string of the molecule is CC[C@@H](Oc1ccccc1F)C(=O)Nc1ccc(I)cc1C. The minimum absolute atomic E-state index is 0.0869. The van der Waals surface area contributed by atoms with Crippen LogP contribution in [-0.4, -0.2) is 12.0 Å². The highest BCUT2D eigenvalue weighted by atomic mass is 127. The zero-order valence-corrected chi connectivity index (χ0v) is 14.6. The first-order valence-corrected chi connectivity index (χ1v) is 8.07. The fraction of sp³-hybridized carbons (Fsp3) is 0.235. The smallest absolute Gasteiger partial charge is 0.265 e. The Morgan fingerprint density at radius 1 is 1.32 bits per heavy atom. The number of anilines is 1. The third-order valence-electron chi connectivity index (χ3n) is 3.22. The normalized spacial score (nSPS) is 11.8. The third-order valence-corrected chi connectivity index (χ3v) is 3.89. The molecular weight excluding hydrogens is 396 g/mol. The first-order chi connectivity index (χ1) is 10.5. The largest absolute Gasteiger partial charge is 0.478 e. The number of rotatable bonds is 5. The van der Waals surface area contributed by atoms with Gasteiger partial charge < -0.3 is 10.1 Å². The van der Waals surface area contributed by atoms with Gasteiger partial charge in [0.2, 0.25) is 0 Å². The average Bonchev–Trinajstić information content (AvgIpc) is 2.49. The van der Waals surface area contributed by atoms with E-state index in [1.54, 1.807) is 12.1 Å². The number of carbonyl (C=O) groups is 1. The van der Waals surface area contributed by atoms with Crippen molar-refractivity contribution in [1.29, 1.82) is 0 Å². The Bertz CT molecular complexity index is 675. The molecule has 2 rings (SSSR count). The van der Waals surface area contributed by atoms with Gasteiger partial charge in [0.25, 0.3) is 5.91 Å². The highest BCUT2D eigenvalue weighted by Crippen LogP contribution is 2.21. The Kier molecular flexibility index (Phi) is 5.76. The summed E-state index contributed by atoms with van der Waals surface area (Å²) < 4.78 is 20.2. The molecule has 1 amide bonds. The van der Waals surface area contributed by atoms with Gasteiger partial charge in [0.1, 0.15) is 0 Å². The van der Waals surface area contributed by atoms with E-state index in [0.29, 0.717) is 6.42 Å². The summed E-state index contributed by atoms with van der Waals surface area (Å²) in [6.45, 7) is 3.75. The minimum Gasteiger partial charge on any atom is -0.478 e. The molecule has 0 radical (unpaired) electrons. The Hall–Kier alpha value is -1.63. The number of ether oxygens (including phenoxy) is 1. The maximum Gasteiger partial charge on any atom is 0.265 e. The molecule has 0 aromatic heterocycles. The Morgan fingerprint density at radius 2 is 2.05 bits per heavy atom. The molecule has 1 N–H and O–H groups in total. The van der Waals surface area contributed by atoms with E-state index in [1.807, 2.05) is 32.0 Å². The van der Waals surface area contributed by atoms with Crippen molar-refractivity contribution < 1.29 is 13.9 Å². The maximum absolute atomic E-state index is 13.6. The zero-order valence-electron chi connectivity index (χ0n) is 12.4. The maximum atomic E-state index is 13.6. The van der Waals surface area contributed by atoms with Crippen molar-refractivity contribution in [2.24, 2.45) is 0 Å². The van der Waals surface area contributed by atoms with Gasteiger partial charge in [-0.2, -0.15) is 0 Å². The fourth-order valence-electron chi connectivity index (χ4n) is 2.00. The van der Waals surface area contributed by atoms with Crippen LogP contribution in [-0.2, 0) is 4.79 Å². The van der Waals surface area contributed by atoms with Gasteiger partial charge in [-0.05, 0) is 71.8 Å². The van der Waals surface area contributed by atoms with Crippen LogP contribution in [0.3, 0.4) is 0 Å². The number of nitrogens with one attached hydrogen (secondary N) is 1. The number of carbonyl (C=O) groups excluding carboxylic acids is 1. The molecule has 5 heteroatoms. The van der Waals surface area contributed by atoms with E-state index in [-0.39, 0.29) is 11.7 Å². The predicted octanol–water partition coefficient (Wildman–Crippen LogP) is 4.53. The van der Waals surface area contributed by atoms with Crippen LogP contribution in [0.25, 0.3) is 0 Å². The van der Waals surface area contributed by atoms with E-state index < -0.39 is 11.9 Å². The van der Waals surface area contributed by atoms with Crippen LogP contribution < -0.4 is 10.1 Å². The number of para-hydroxylation sites is 1. The number of hydrogen-bond donors (Lipinski definition) is 1. The summed E-state index contributed by atoms with van der Waals surface area (Å²) in [6, 6.07) is 11.8. The average molecular weight is 413 g/mol. The molecule has 0 aliphatic rings. The quantitative estimate of drug-likeness (QED) is 0.732. The van der Waals surface area contributed by atoms with Crippen LogP contribution in [0.5, 0.6) is 5.75 Å². The molecule has 0 saturated heterocycles. The number of halogens is 2. The lowest BCUT2D eigenvalue weighted by atomic mass is 10.2. The van der Waals surface area contributed by atoms with Crippen molar-refractivity contribution >= 4 is 34.2 Å². The molecule has 116 valence electrons. The summed E-state index contributed by atoms with van der Waals surface area (Å²) in [5.41, 5.74) is 1.71. The molecule has 0 bridgehead atoms. The first kappa shape index (κ1) is 16.7. The molecule has 0 spiro atoms. The van der Waals surface area contributed by atoms with Gasteiger partial charge in [0.15, 0.2) is 17.7 Å². The molecule has 0 aliphatic carbocycles. The van der Waals surface area contributed by atoms with Gasteiger partial charge in [-0.15, -0.1) is 0 Å². The highest BCUT2D eigenvalue weighted by molar-refractivity contribution is 14.1. The van der Waals surface area contributed by atoms with E-state index in [2.05, 4.69) is 27.9 Å². The van der Waals surface area contributed by atoms with E-state index in [0.717, 1.165) is 14.8 Å². The summed E-state index contributed by atoms with van der Waals surface area (Å²) in [5, 5.41) is 2.84. The first-order valence-electron chi connectivity index (χ1n) is 6.99. The van der Waals surface area contributed by atoms with Crippen molar-refractivity contribution in [1.82, 2.24) is 0 Å². The van der Waals surface area contributed by atoms with Crippen molar-refractivity contribution in [3.8, 4) is 5.75 Å². The van der Waals surface area contributed by atoms with E-state index in [1.165, 1.54) is 12.1 Å². The number of hydrogen-bond acceptors (Lipinski definition) is 2. The molecule has 22 heavy (non-hydrogen) atoms. The van der Waals surface area contributed by atoms with Gasteiger partial charge in [-0.25, -0.2) is 4.39 Å². The summed E-state index contributed by atoms with van der Waals surface area (Å²) in [4.78, 5) is 12.3. The summed E-state index contributed by atoms with van der Waals surface area (Å²) >= 11 is 2.22. The lowest BCUT2D eigenvalue weighted by molar-refractivity contribution is -0.122. The molecule has 3 nitrogen and oxygen atoms in total. The molecule has 2 aromatic carbocycles. The van der Waals surface area contributed by atoms with Gasteiger partial charge in [-0.1, -0.05) is 19.1 Å². The van der Waals surface area contributed by atoms with Gasteiger partial charge >= 0.3 is 0 Å². The molecule has 0 heterocycles. The molecule has 0 saturated carbocycles. The van der Waals surface area contributed by atoms with E-state index in [4.69, 9.17) is 4.74 Å². The molecule has 0 unspecified atom stereocenters. The zero-order chi connectivity index (χ0) is 16.1. The van der Waals surface area contributed by atoms with Crippen LogP contribution in [0.2, 0.25) is 0 Å². The van der Waals surface area contributed by atoms with Crippen LogP contribution in [0.1, 0.15) is 18.9 Å². The van der Waals surface area contributed by atoms with Crippen molar-refractivity contribution in [3.05, 3.63) is 57.4 Å². The predicted molar refractivity (Wildman–Crippen MR) is 93.6 cm³/mol. The fourth-order valence-corrected chi connectivity index (χ4v) is 2.64. The third kappa shape index (κ3) is 4.19. The Morgan fingerprint density at radius 3 is 2.68 bits per heavy atom. The lowest BCUT2D eigenvalue weighted by Crippen LogP contribution is -2.32. The van der Waals surface area contributed by atoms with Crippen molar-refractivity contribution in [3.63, 3.8) is 0 Å². The van der Waals surface area contributed by atoms with Gasteiger partial charge in [0, 0.05) is 9.26 Å². The second-order valence-electron chi connectivity index (χ2n) is 4.89. The monoisotopic (exact) mass is 413 g/mol. The summed E-state index contributed by atoms with van der Waals surface area (Å²) in [7, 11) is 0.